The molecule has 44 heavy (non-hydrogen) atoms. The number of carbonyl (C=O) groups excluding carboxylic acids is 1. The fourth-order valence-electron chi connectivity index (χ4n) is 6.86. The first kappa shape index (κ1) is 32.3. The quantitative estimate of drug-likeness (QED) is 0.174. The highest BCUT2D eigenvalue weighted by Crippen LogP contribution is 2.40. The Balaban J connectivity index is 1.22. The molecule has 2 saturated carbocycles. The van der Waals surface area contributed by atoms with Crippen molar-refractivity contribution in [3.8, 4) is 0 Å². The third kappa shape index (κ3) is 7.76. The van der Waals surface area contributed by atoms with Gasteiger partial charge in [0.05, 0.1) is 6.10 Å². The number of carboxylic acid groups (broad SMARTS) is 1. The molecule has 238 valence electrons. The second-order valence-electron chi connectivity index (χ2n) is 12.6. The van der Waals surface area contributed by atoms with Crippen molar-refractivity contribution in [2.45, 2.75) is 102 Å². The highest BCUT2D eigenvalue weighted by atomic mass is 35.5. The molecule has 2 aromatic carbocycles. The molecule has 0 saturated heterocycles. The number of benzene rings is 2. The van der Waals surface area contributed by atoms with Crippen LogP contribution in [-0.4, -0.2) is 46.6 Å². The van der Waals surface area contributed by atoms with Crippen molar-refractivity contribution in [1.82, 2.24) is 5.32 Å². The molecule has 5 rings (SSSR count). The first-order valence-electron chi connectivity index (χ1n) is 16.0. The van der Waals surface area contributed by atoms with Crippen molar-refractivity contribution >= 4 is 29.3 Å². The molecule has 3 N–H and O–H groups in total. The topological polar surface area (TPSA) is 114 Å². The summed E-state index contributed by atoms with van der Waals surface area (Å²) < 4.78 is 17.5. The van der Waals surface area contributed by atoms with Crippen LogP contribution in [0.2, 0.25) is 5.02 Å². The zero-order valence-electron chi connectivity index (χ0n) is 25.4. The van der Waals surface area contributed by atoms with E-state index in [4.69, 9.17) is 25.8 Å². The minimum Gasteiger partial charge on any atom is -0.475 e. The number of hydrogen-bond donors (Lipinski definition) is 3. The number of esters is 1. The number of aliphatic carboxylic acids is 1. The molecular weight excluding hydrogens is 582 g/mol. The van der Waals surface area contributed by atoms with E-state index in [1.54, 1.807) is 18.2 Å². The van der Waals surface area contributed by atoms with Crippen LogP contribution in [0, 0.1) is 11.8 Å². The minimum atomic E-state index is -2.57. The highest BCUT2D eigenvalue weighted by molar-refractivity contribution is 6.30. The van der Waals surface area contributed by atoms with Gasteiger partial charge in [-0.3, -0.25) is 0 Å². The molecule has 2 aromatic rings. The Kier molecular flexibility index (Phi) is 10.9. The predicted molar refractivity (Wildman–Crippen MR) is 168 cm³/mol. The molecule has 2 aliphatic carbocycles. The van der Waals surface area contributed by atoms with Crippen LogP contribution in [0.4, 0.5) is 0 Å². The van der Waals surface area contributed by atoms with Gasteiger partial charge in [0, 0.05) is 23.2 Å². The van der Waals surface area contributed by atoms with Crippen LogP contribution in [0.5, 0.6) is 0 Å². The van der Waals surface area contributed by atoms with E-state index in [1.807, 2.05) is 37.3 Å². The van der Waals surface area contributed by atoms with Crippen LogP contribution < -0.4 is 5.32 Å². The number of halogens is 1. The van der Waals surface area contributed by atoms with Gasteiger partial charge < -0.3 is 29.7 Å². The van der Waals surface area contributed by atoms with E-state index in [2.05, 4.69) is 5.32 Å². The Bertz CT molecular complexity index is 1300. The van der Waals surface area contributed by atoms with Gasteiger partial charge >= 0.3 is 17.7 Å². The number of hydrogen-bond acceptors (Lipinski definition) is 7. The Hall–Kier alpha value is -3.07. The highest BCUT2D eigenvalue weighted by Gasteiger charge is 2.58. The van der Waals surface area contributed by atoms with Crippen molar-refractivity contribution in [2.24, 2.45) is 11.8 Å². The average molecular weight is 626 g/mol. The summed E-state index contributed by atoms with van der Waals surface area (Å²) in [6, 6.07) is 14.7. The molecule has 1 heterocycles. The first-order valence-corrected chi connectivity index (χ1v) is 16.4. The molecule has 3 unspecified atom stereocenters. The van der Waals surface area contributed by atoms with Gasteiger partial charge in [-0.2, -0.15) is 0 Å². The van der Waals surface area contributed by atoms with E-state index in [0.29, 0.717) is 23.6 Å². The second-order valence-corrected chi connectivity index (χ2v) is 13.0. The number of aliphatic hydroxyl groups is 1. The summed E-state index contributed by atoms with van der Waals surface area (Å²) in [4.78, 5) is 26.1. The zero-order valence-corrected chi connectivity index (χ0v) is 26.1. The normalized spacial score (nSPS) is 22.5. The minimum absolute atomic E-state index is 0.0263. The maximum absolute atomic E-state index is 13.6. The number of nitrogens with one attached hydrogen (secondary N) is 1. The molecule has 3 atom stereocenters. The van der Waals surface area contributed by atoms with Crippen LogP contribution in [0.25, 0.3) is 5.76 Å². The van der Waals surface area contributed by atoms with E-state index in [0.717, 1.165) is 62.5 Å². The SMILES string of the molecule is CC(Cc1cccc(C2=COC(C(=O)O)(C(=O)OC(C3CCCCC3)C3CCCCC3)O2)c1)NCC(O)c1cccc(Cl)c1. The van der Waals surface area contributed by atoms with Gasteiger partial charge in [-0.1, -0.05) is 80.5 Å². The lowest BCUT2D eigenvalue weighted by atomic mass is 9.75. The van der Waals surface area contributed by atoms with E-state index in [1.165, 1.54) is 19.1 Å². The van der Waals surface area contributed by atoms with Crippen molar-refractivity contribution < 1.29 is 34.0 Å². The summed E-state index contributed by atoms with van der Waals surface area (Å²) in [5, 5.41) is 24.7. The van der Waals surface area contributed by atoms with Crippen LogP contribution in [-0.2, 0) is 30.2 Å². The molecule has 9 heteroatoms. The molecule has 0 bridgehead atoms. The molecule has 2 fully saturated rings. The van der Waals surface area contributed by atoms with Gasteiger partial charge in [0.15, 0.2) is 5.76 Å². The van der Waals surface area contributed by atoms with E-state index < -0.39 is 23.8 Å². The number of aliphatic hydroxyl groups excluding tert-OH is 1. The third-order valence-corrected chi connectivity index (χ3v) is 9.49. The van der Waals surface area contributed by atoms with Gasteiger partial charge in [-0.05, 0) is 80.2 Å². The van der Waals surface area contributed by atoms with Crippen molar-refractivity contribution in [3.63, 3.8) is 0 Å². The van der Waals surface area contributed by atoms with E-state index >= 15 is 0 Å². The standard InChI is InChI=1S/C35H44ClNO7/c1-23(37-21-30(38)27-15-9-17-29(36)20-27)18-24-10-8-16-28(19-24)31-22-42-35(44-31,33(39)40)34(41)43-32(25-11-4-2-5-12-25)26-13-6-3-7-14-26/h8-10,15-17,19-20,22-23,25-26,30,32,37-38H,2-7,11-14,18,21H2,1H3,(H,39,40). The lowest BCUT2D eigenvalue weighted by Gasteiger charge is -2.38. The number of carbonyl (C=O) groups is 2. The molecule has 3 aliphatic rings. The van der Waals surface area contributed by atoms with Gasteiger partial charge in [0.2, 0.25) is 0 Å². The monoisotopic (exact) mass is 625 g/mol. The van der Waals surface area contributed by atoms with Crippen molar-refractivity contribution in [3.05, 3.63) is 76.5 Å². The first-order chi connectivity index (χ1) is 21.2. The lowest BCUT2D eigenvalue weighted by Crippen LogP contribution is -2.51. The van der Waals surface area contributed by atoms with Gasteiger partial charge in [-0.15, -0.1) is 0 Å². The lowest BCUT2D eigenvalue weighted by molar-refractivity contribution is -0.219. The fraction of sp³-hybridized carbons (Fsp3) is 0.543. The van der Waals surface area contributed by atoms with Gasteiger partial charge in [-0.25, -0.2) is 9.59 Å². The fourth-order valence-corrected chi connectivity index (χ4v) is 7.06. The second kappa shape index (κ2) is 14.8. The Morgan fingerprint density at radius 3 is 2.30 bits per heavy atom. The summed E-state index contributed by atoms with van der Waals surface area (Å²) >= 11 is 6.05. The van der Waals surface area contributed by atoms with Crippen molar-refractivity contribution in [2.75, 3.05) is 6.54 Å². The number of carboxylic acids is 1. The van der Waals surface area contributed by atoms with Gasteiger partial charge in [0.1, 0.15) is 12.4 Å². The maximum Gasteiger partial charge on any atom is 0.452 e. The molecular formula is C35H44ClNO7. The Morgan fingerprint density at radius 1 is 1.00 bits per heavy atom. The predicted octanol–water partition coefficient (Wildman–Crippen LogP) is 6.79. The summed E-state index contributed by atoms with van der Waals surface area (Å²) in [7, 11) is 0. The van der Waals surface area contributed by atoms with Crippen LogP contribution in [0.1, 0.15) is 93.9 Å². The van der Waals surface area contributed by atoms with Crippen LogP contribution in [0.15, 0.2) is 54.8 Å². The summed E-state index contributed by atoms with van der Waals surface area (Å²) in [5.41, 5.74) is 2.31. The third-order valence-electron chi connectivity index (χ3n) is 9.25. The summed E-state index contributed by atoms with van der Waals surface area (Å²) in [6.07, 6.45) is 11.5. The Morgan fingerprint density at radius 2 is 1.66 bits per heavy atom. The molecule has 8 nitrogen and oxygen atoms in total. The van der Waals surface area contributed by atoms with E-state index in [-0.39, 0.29) is 29.7 Å². The van der Waals surface area contributed by atoms with Gasteiger partial charge in [0.25, 0.3) is 0 Å². The van der Waals surface area contributed by atoms with E-state index in [9.17, 15) is 19.8 Å². The molecule has 0 spiro atoms. The molecule has 1 aliphatic heterocycles. The molecule has 0 aromatic heterocycles. The molecule has 0 amide bonds. The van der Waals surface area contributed by atoms with Crippen LogP contribution >= 0.6 is 11.6 Å². The molecule has 0 radical (unpaired) electrons. The average Bonchev–Trinajstić information content (AvgIpc) is 3.51. The number of rotatable bonds is 12. The summed E-state index contributed by atoms with van der Waals surface area (Å²) in [5.74, 6) is -4.48. The van der Waals surface area contributed by atoms with Crippen LogP contribution in [0.3, 0.4) is 0 Å². The Labute approximate surface area is 264 Å². The smallest absolute Gasteiger partial charge is 0.452 e. The van der Waals surface area contributed by atoms with Crippen molar-refractivity contribution in [1.29, 1.82) is 0 Å². The largest absolute Gasteiger partial charge is 0.475 e. The zero-order chi connectivity index (χ0) is 31.1. The number of ether oxygens (including phenoxy) is 3. The maximum atomic E-state index is 13.6. The summed E-state index contributed by atoms with van der Waals surface area (Å²) in [6.45, 7) is 2.38.